The van der Waals surface area contributed by atoms with E-state index in [1.54, 1.807) is 43.7 Å². The molecule has 0 bridgehead atoms. The van der Waals surface area contributed by atoms with Crippen molar-refractivity contribution in [3.63, 3.8) is 0 Å². The number of hydrazine groups is 1. The van der Waals surface area contributed by atoms with Gasteiger partial charge in [0.1, 0.15) is 5.82 Å². The van der Waals surface area contributed by atoms with Crippen molar-refractivity contribution in [2.45, 2.75) is 0 Å². The molecule has 3 N–H and O–H groups in total. The summed E-state index contributed by atoms with van der Waals surface area (Å²) in [5.74, 6) is 6.00. The van der Waals surface area contributed by atoms with Crippen LogP contribution in [0.1, 0.15) is 10.4 Å². The highest BCUT2D eigenvalue weighted by atomic mass is 16.2. The molecular formula is C12H13N5O. The van der Waals surface area contributed by atoms with Crippen molar-refractivity contribution >= 4 is 17.5 Å². The van der Waals surface area contributed by atoms with E-state index in [1.807, 2.05) is 6.07 Å². The summed E-state index contributed by atoms with van der Waals surface area (Å²) in [6, 6.07) is 8.70. The van der Waals surface area contributed by atoms with Crippen LogP contribution in [0.5, 0.6) is 0 Å². The zero-order valence-electron chi connectivity index (χ0n) is 9.87. The van der Waals surface area contributed by atoms with E-state index < -0.39 is 0 Å². The predicted octanol–water partition coefficient (Wildman–Crippen LogP) is 1.04. The molecule has 1 amide bonds. The van der Waals surface area contributed by atoms with Crippen molar-refractivity contribution in [2.24, 2.45) is 5.84 Å². The minimum Gasteiger partial charge on any atom is -0.308 e. The number of nitrogens with one attached hydrogen (secondary N) is 1. The Hall–Kier alpha value is -2.47. The van der Waals surface area contributed by atoms with Crippen molar-refractivity contribution in [3.8, 4) is 0 Å². The molecule has 0 aliphatic heterocycles. The number of rotatable bonds is 3. The van der Waals surface area contributed by atoms with Crippen molar-refractivity contribution in [2.75, 3.05) is 17.4 Å². The Bertz CT molecular complexity index is 543. The quantitative estimate of drug-likeness (QED) is 0.621. The third kappa shape index (κ3) is 2.28. The smallest absolute Gasteiger partial charge is 0.262 e. The molecule has 0 unspecified atom stereocenters. The van der Waals surface area contributed by atoms with Gasteiger partial charge in [-0.25, -0.2) is 15.8 Å². The molecule has 0 fully saturated rings. The summed E-state index contributed by atoms with van der Waals surface area (Å²) in [4.78, 5) is 21.8. The zero-order chi connectivity index (χ0) is 13.0. The van der Waals surface area contributed by atoms with Gasteiger partial charge in [0.2, 0.25) is 0 Å². The Morgan fingerprint density at radius 3 is 2.67 bits per heavy atom. The number of hydrogen-bond donors (Lipinski definition) is 2. The number of nitrogen functional groups attached to an aromatic ring is 1. The highest BCUT2D eigenvalue weighted by Gasteiger charge is 2.17. The number of hydrogen-bond acceptors (Lipinski definition) is 5. The molecule has 0 radical (unpaired) electrons. The van der Waals surface area contributed by atoms with Crippen molar-refractivity contribution in [1.29, 1.82) is 0 Å². The van der Waals surface area contributed by atoms with Crippen molar-refractivity contribution in [3.05, 3.63) is 48.3 Å². The van der Waals surface area contributed by atoms with E-state index in [4.69, 9.17) is 5.84 Å². The fourth-order valence-electron chi connectivity index (χ4n) is 1.53. The average Bonchev–Trinajstić information content (AvgIpc) is 2.46. The van der Waals surface area contributed by atoms with Gasteiger partial charge in [-0.3, -0.25) is 9.69 Å². The highest BCUT2D eigenvalue weighted by molar-refractivity contribution is 6.08. The van der Waals surface area contributed by atoms with Crippen molar-refractivity contribution < 1.29 is 4.79 Å². The van der Waals surface area contributed by atoms with Gasteiger partial charge in [-0.15, -0.1) is 0 Å². The number of carbonyl (C=O) groups excluding carboxylic acids is 1. The fourth-order valence-corrected chi connectivity index (χ4v) is 1.53. The summed E-state index contributed by atoms with van der Waals surface area (Å²) in [5, 5.41) is 0. The monoisotopic (exact) mass is 243 g/mol. The standard InChI is InChI=1S/C12H13N5O/c1-17(10-6-2-3-7-14-10)12(18)9-5-4-8-15-11(9)16-13/h2-8H,13H2,1H3,(H,15,16). The minimum absolute atomic E-state index is 0.227. The second-order valence-corrected chi connectivity index (χ2v) is 3.60. The molecule has 0 spiro atoms. The largest absolute Gasteiger partial charge is 0.308 e. The third-order valence-electron chi connectivity index (χ3n) is 2.47. The van der Waals surface area contributed by atoms with Gasteiger partial charge in [0.05, 0.1) is 5.56 Å². The lowest BCUT2D eigenvalue weighted by Gasteiger charge is -2.17. The van der Waals surface area contributed by atoms with Crippen LogP contribution in [0.4, 0.5) is 11.6 Å². The second-order valence-electron chi connectivity index (χ2n) is 3.60. The molecule has 2 aromatic heterocycles. The lowest BCUT2D eigenvalue weighted by molar-refractivity contribution is 0.0993. The Labute approximate surface area is 104 Å². The molecule has 0 atom stereocenters. The molecule has 6 heteroatoms. The number of nitrogens with two attached hydrogens (primary N) is 1. The van der Waals surface area contributed by atoms with Gasteiger partial charge in [-0.2, -0.15) is 0 Å². The van der Waals surface area contributed by atoms with Gasteiger partial charge in [0, 0.05) is 19.4 Å². The van der Waals surface area contributed by atoms with E-state index in [-0.39, 0.29) is 5.91 Å². The van der Waals surface area contributed by atoms with Crippen LogP contribution >= 0.6 is 0 Å². The number of nitrogens with zero attached hydrogens (tertiary/aromatic N) is 3. The van der Waals surface area contributed by atoms with Crippen LogP contribution in [0.2, 0.25) is 0 Å². The topological polar surface area (TPSA) is 84.1 Å². The molecular weight excluding hydrogens is 230 g/mol. The molecule has 2 rings (SSSR count). The molecule has 2 heterocycles. The van der Waals surface area contributed by atoms with E-state index in [2.05, 4.69) is 15.4 Å². The van der Waals surface area contributed by atoms with Crippen LogP contribution < -0.4 is 16.2 Å². The molecule has 6 nitrogen and oxygen atoms in total. The molecule has 92 valence electrons. The molecule has 0 aromatic carbocycles. The number of aromatic nitrogens is 2. The van der Waals surface area contributed by atoms with Crippen LogP contribution in [0.25, 0.3) is 0 Å². The first-order valence-corrected chi connectivity index (χ1v) is 5.34. The van der Waals surface area contributed by atoms with E-state index in [9.17, 15) is 4.79 Å². The third-order valence-corrected chi connectivity index (χ3v) is 2.47. The Kier molecular flexibility index (Phi) is 3.49. The molecule has 0 saturated heterocycles. The second kappa shape index (κ2) is 5.24. The first-order valence-electron chi connectivity index (χ1n) is 5.34. The van der Waals surface area contributed by atoms with E-state index in [0.29, 0.717) is 17.2 Å². The van der Waals surface area contributed by atoms with Crippen LogP contribution in [0.3, 0.4) is 0 Å². The maximum Gasteiger partial charge on any atom is 0.262 e. The normalized spacial score (nSPS) is 9.89. The van der Waals surface area contributed by atoms with E-state index >= 15 is 0 Å². The van der Waals surface area contributed by atoms with Gasteiger partial charge < -0.3 is 5.43 Å². The molecule has 0 aliphatic carbocycles. The summed E-state index contributed by atoms with van der Waals surface area (Å²) in [5.41, 5.74) is 2.80. The lowest BCUT2D eigenvalue weighted by Crippen LogP contribution is -2.28. The predicted molar refractivity (Wildman–Crippen MR) is 69.0 cm³/mol. The summed E-state index contributed by atoms with van der Waals surface area (Å²) in [7, 11) is 1.65. The van der Waals surface area contributed by atoms with Gasteiger partial charge in [0.15, 0.2) is 5.82 Å². The summed E-state index contributed by atoms with van der Waals surface area (Å²) in [6.45, 7) is 0. The lowest BCUT2D eigenvalue weighted by atomic mass is 10.2. The van der Waals surface area contributed by atoms with Crippen LogP contribution in [-0.2, 0) is 0 Å². The maximum absolute atomic E-state index is 12.3. The fraction of sp³-hybridized carbons (Fsp3) is 0.0833. The van der Waals surface area contributed by atoms with Crippen LogP contribution in [0.15, 0.2) is 42.7 Å². The van der Waals surface area contributed by atoms with Crippen LogP contribution in [-0.4, -0.2) is 22.9 Å². The van der Waals surface area contributed by atoms with Gasteiger partial charge >= 0.3 is 0 Å². The number of anilines is 2. The first-order chi connectivity index (χ1) is 8.74. The van der Waals surface area contributed by atoms with Crippen LogP contribution in [0, 0.1) is 0 Å². The summed E-state index contributed by atoms with van der Waals surface area (Å²) >= 11 is 0. The first kappa shape index (κ1) is 12.0. The van der Waals surface area contributed by atoms with Gasteiger partial charge in [-0.1, -0.05) is 6.07 Å². The summed E-state index contributed by atoms with van der Waals surface area (Å²) < 4.78 is 0. The van der Waals surface area contributed by atoms with Gasteiger partial charge in [-0.05, 0) is 24.3 Å². The number of carbonyl (C=O) groups is 1. The Balaban J connectivity index is 2.32. The highest BCUT2D eigenvalue weighted by Crippen LogP contribution is 2.16. The number of amides is 1. The number of pyridine rings is 2. The van der Waals surface area contributed by atoms with E-state index in [1.165, 1.54) is 4.90 Å². The SMILES string of the molecule is CN(C(=O)c1cccnc1NN)c1ccccn1. The zero-order valence-corrected chi connectivity index (χ0v) is 9.87. The minimum atomic E-state index is -0.227. The van der Waals surface area contributed by atoms with Crippen molar-refractivity contribution in [1.82, 2.24) is 9.97 Å². The Morgan fingerprint density at radius 1 is 1.22 bits per heavy atom. The molecule has 2 aromatic rings. The van der Waals surface area contributed by atoms with Gasteiger partial charge in [0.25, 0.3) is 5.91 Å². The summed E-state index contributed by atoms with van der Waals surface area (Å²) in [6.07, 6.45) is 3.19. The molecule has 0 aliphatic rings. The molecule has 0 saturated carbocycles. The van der Waals surface area contributed by atoms with E-state index in [0.717, 1.165) is 0 Å². The Morgan fingerprint density at radius 2 is 2.00 bits per heavy atom. The average molecular weight is 243 g/mol. The molecule has 18 heavy (non-hydrogen) atoms. The maximum atomic E-state index is 12.3.